The highest BCUT2D eigenvalue weighted by molar-refractivity contribution is 6.28. The summed E-state index contributed by atoms with van der Waals surface area (Å²) < 4.78 is 42.8. The van der Waals surface area contributed by atoms with Gasteiger partial charge in [-0.05, 0) is 86.2 Å². The summed E-state index contributed by atoms with van der Waals surface area (Å²) in [6.07, 6.45) is 2.23. The van der Waals surface area contributed by atoms with Crippen LogP contribution in [0.3, 0.4) is 0 Å². The van der Waals surface area contributed by atoms with Crippen LogP contribution in [0, 0.1) is 17.3 Å². The average Bonchev–Trinajstić information content (AvgIpc) is 3.08. The van der Waals surface area contributed by atoms with Crippen molar-refractivity contribution in [2.75, 3.05) is 5.32 Å². The molecule has 0 saturated heterocycles. The Labute approximate surface area is 175 Å². The van der Waals surface area contributed by atoms with Crippen molar-refractivity contribution in [3.63, 3.8) is 0 Å². The second-order valence-electron chi connectivity index (χ2n) is 8.95. The van der Waals surface area contributed by atoms with Gasteiger partial charge in [0.05, 0.1) is 11.0 Å². The molecule has 0 unspecified atom stereocenters. The lowest BCUT2D eigenvalue weighted by Crippen LogP contribution is -2.60. The highest BCUT2D eigenvalue weighted by Crippen LogP contribution is 2.64. The summed E-state index contributed by atoms with van der Waals surface area (Å²) in [7, 11) is 0. The molecule has 1 N–H and O–H groups in total. The fourth-order valence-electron chi connectivity index (χ4n) is 6.22. The lowest BCUT2D eigenvalue weighted by atomic mass is 9.46. The third-order valence-electron chi connectivity index (χ3n) is 6.81. The zero-order valence-corrected chi connectivity index (χ0v) is 16.7. The van der Waals surface area contributed by atoms with E-state index in [0.29, 0.717) is 23.9 Å². The molecule has 6 nitrogen and oxygen atoms in total. The number of carbonyl (C=O) groups is 1. The van der Waals surface area contributed by atoms with Crippen LogP contribution in [0.5, 0.6) is 5.75 Å². The third-order valence-corrected chi connectivity index (χ3v) is 6.98. The SMILES string of the molecule is O=C(Nc1ccc(OC(F)(F)F)cc1)C12C[C@H]3C[C@H](C1)CC(n1cnc(Cl)n1)(C3)C2. The number of alkyl halides is 3. The summed E-state index contributed by atoms with van der Waals surface area (Å²) in [6, 6.07) is 5.24. The van der Waals surface area contributed by atoms with E-state index in [-0.39, 0.29) is 22.5 Å². The summed E-state index contributed by atoms with van der Waals surface area (Å²) in [5, 5.41) is 7.46. The topological polar surface area (TPSA) is 69.0 Å². The zero-order chi connectivity index (χ0) is 21.1. The Bertz CT molecular complexity index is 961. The Morgan fingerprint density at radius 3 is 2.40 bits per heavy atom. The summed E-state index contributed by atoms with van der Waals surface area (Å²) in [5.41, 5.74) is -0.335. The number of benzene rings is 1. The van der Waals surface area contributed by atoms with Crippen molar-refractivity contribution in [2.24, 2.45) is 17.3 Å². The number of nitrogens with zero attached hydrogens (tertiary/aromatic N) is 3. The molecule has 160 valence electrons. The fourth-order valence-corrected chi connectivity index (χ4v) is 6.35. The van der Waals surface area contributed by atoms with Gasteiger partial charge in [-0.25, -0.2) is 9.67 Å². The molecule has 4 aliphatic carbocycles. The van der Waals surface area contributed by atoms with Crippen molar-refractivity contribution in [1.29, 1.82) is 0 Å². The normalized spacial score (nSPS) is 32.3. The molecule has 0 spiro atoms. The monoisotopic (exact) mass is 440 g/mol. The number of nitrogens with one attached hydrogen (secondary N) is 1. The Morgan fingerprint density at radius 2 is 1.83 bits per heavy atom. The second-order valence-corrected chi connectivity index (χ2v) is 9.29. The first-order chi connectivity index (χ1) is 14.1. The quantitative estimate of drug-likeness (QED) is 0.744. The van der Waals surface area contributed by atoms with Gasteiger partial charge >= 0.3 is 6.36 Å². The molecule has 2 aromatic rings. The Balaban J connectivity index is 1.37. The molecular formula is C20H20ClF3N4O2. The maximum Gasteiger partial charge on any atom is 0.573 e. The van der Waals surface area contributed by atoms with E-state index < -0.39 is 11.8 Å². The number of aromatic nitrogens is 3. The predicted molar refractivity (Wildman–Crippen MR) is 102 cm³/mol. The van der Waals surface area contributed by atoms with Crippen LogP contribution in [0.2, 0.25) is 5.28 Å². The maximum atomic E-state index is 13.4. The van der Waals surface area contributed by atoms with Crippen molar-refractivity contribution < 1.29 is 22.7 Å². The van der Waals surface area contributed by atoms with Crippen molar-refractivity contribution in [3.8, 4) is 5.75 Å². The number of hydrogen-bond donors (Lipinski definition) is 1. The van der Waals surface area contributed by atoms with E-state index in [1.54, 1.807) is 6.33 Å². The fraction of sp³-hybridized carbons (Fsp3) is 0.550. The largest absolute Gasteiger partial charge is 0.573 e. The molecule has 0 aliphatic heterocycles. The van der Waals surface area contributed by atoms with E-state index in [9.17, 15) is 18.0 Å². The van der Waals surface area contributed by atoms with Crippen molar-refractivity contribution in [2.45, 2.75) is 50.4 Å². The van der Waals surface area contributed by atoms with E-state index in [1.807, 2.05) is 4.68 Å². The summed E-state index contributed by atoms with van der Waals surface area (Å²) in [4.78, 5) is 17.4. The van der Waals surface area contributed by atoms with E-state index in [4.69, 9.17) is 11.6 Å². The van der Waals surface area contributed by atoms with Gasteiger partial charge in [0.25, 0.3) is 0 Å². The second kappa shape index (κ2) is 6.60. The molecule has 0 radical (unpaired) electrons. The molecule has 10 heteroatoms. The van der Waals surface area contributed by atoms with Crippen molar-refractivity contribution in [1.82, 2.24) is 14.8 Å². The number of anilines is 1. The van der Waals surface area contributed by atoms with Gasteiger partial charge in [0.2, 0.25) is 11.2 Å². The zero-order valence-electron chi connectivity index (χ0n) is 16.0. The van der Waals surface area contributed by atoms with Crippen LogP contribution < -0.4 is 10.1 Å². The minimum Gasteiger partial charge on any atom is -0.406 e. The average molecular weight is 441 g/mol. The number of ether oxygens (including phenoxy) is 1. The molecule has 1 amide bonds. The van der Waals surface area contributed by atoms with Crippen LogP contribution in [0.15, 0.2) is 30.6 Å². The first kappa shape index (κ1) is 19.7. The smallest absolute Gasteiger partial charge is 0.406 e. The molecular weight excluding hydrogens is 421 g/mol. The van der Waals surface area contributed by atoms with Gasteiger partial charge in [-0.3, -0.25) is 4.79 Å². The maximum absolute atomic E-state index is 13.4. The van der Waals surface area contributed by atoms with Crippen LogP contribution in [-0.2, 0) is 10.3 Å². The predicted octanol–water partition coefficient (Wildman–Crippen LogP) is 4.76. The summed E-state index contributed by atoms with van der Waals surface area (Å²) in [5.74, 6) is 0.457. The van der Waals surface area contributed by atoms with E-state index in [1.165, 1.54) is 24.3 Å². The number of halogens is 4. The Kier molecular flexibility index (Phi) is 4.33. The number of rotatable bonds is 4. The Hall–Kier alpha value is -2.29. The molecule has 4 aliphatic rings. The number of amides is 1. The number of hydrogen-bond acceptors (Lipinski definition) is 4. The van der Waals surface area contributed by atoms with Gasteiger partial charge in [-0.15, -0.1) is 18.3 Å². The highest BCUT2D eigenvalue weighted by Gasteiger charge is 2.61. The van der Waals surface area contributed by atoms with Gasteiger partial charge in [0, 0.05) is 5.69 Å². The highest BCUT2D eigenvalue weighted by atomic mass is 35.5. The van der Waals surface area contributed by atoms with Crippen LogP contribution in [-0.4, -0.2) is 27.0 Å². The molecule has 30 heavy (non-hydrogen) atoms. The lowest BCUT2D eigenvalue weighted by Gasteiger charge is -2.60. The molecule has 4 bridgehead atoms. The van der Waals surface area contributed by atoms with Gasteiger partial charge in [0.15, 0.2) is 0 Å². The molecule has 1 heterocycles. The van der Waals surface area contributed by atoms with E-state index >= 15 is 0 Å². The van der Waals surface area contributed by atoms with Gasteiger partial charge in [0.1, 0.15) is 12.1 Å². The first-order valence-corrected chi connectivity index (χ1v) is 10.3. The standard InChI is InChI=1S/C20H20ClF3N4O2/c21-17-25-11-28(27-17)19-8-12-5-13(9-19)7-18(6-12,10-19)16(29)26-14-1-3-15(4-2-14)30-20(22,23)24/h1-4,11-13H,5-10H2,(H,26,29)/t12-,13-,18?,19?/m1/s1. The lowest BCUT2D eigenvalue weighted by molar-refractivity contribution is -0.274. The summed E-state index contributed by atoms with van der Waals surface area (Å²) in [6.45, 7) is 0. The van der Waals surface area contributed by atoms with E-state index in [0.717, 1.165) is 32.1 Å². The van der Waals surface area contributed by atoms with Gasteiger partial charge in [-0.1, -0.05) is 0 Å². The molecule has 4 fully saturated rings. The van der Waals surface area contributed by atoms with Crippen LogP contribution in [0.25, 0.3) is 0 Å². The third kappa shape index (κ3) is 3.42. The molecule has 1 aromatic carbocycles. The van der Waals surface area contributed by atoms with Gasteiger partial charge in [-0.2, -0.15) is 0 Å². The molecule has 1 aromatic heterocycles. The van der Waals surface area contributed by atoms with Crippen molar-refractivity contribution in [3.05, 3.63) is 35.9 Å². The minimum atomic E-state index is -4.75. The molecule has 6 rings (SSSR count). The van der Waals surface area contributed by atoms with E-state index in [2.05, 4.69) is 20.1 Å². The van der Waals surface area contributed by atoms with Crippen molar-refractivity contribution >= 4 is 23.2 Å². The molecule has 4 saturated carbocycles. The minimum absolute atomic E-state index is 0.0864. The number of carbonyl (C=O) groups excluding carboxylic acids is 1. The van der Waals surface area contributed by atoms with Crippen LogP contribution in [0.4, 0.5) is 18.9 Å². The van der Waals surface area contributed by atoms with Crippen LogP contribution >= 0.6 is 11.6 Å². The Morgan fingerprint density at radius 1 is 1.17 bits per heavy atom. The van der Waals surface area contributed by atoms with Crippen LogP contribution in [0.1, 0.15) is 38.5 Å². The first-order valence-electron chi connectivity index (χ1n) is 9.90. The summed E-state index contributed by atoms with van der Waals surface area (Å²) >= 11 is 5.96. The molecule has 2 atom stereocenters. The van der Waals surface area contributed by atoms with Gasteiger partial charge < -0.3 is 10.1 Å².